The summed E-state index contributed by atoms with van der Waals surface area (Å²) < 4.78 is 26.5. The molecule has 1 aromatic heterocycles. The van der Waals surface area contributed by atoms with E-state index in [2.05, 4.69) is 9.71 Å². The number of hydrogen-bond donors (Lipinski definition) is 2. The zero-order chi connectivity index (χ0) is 13.2. The van der Waals surface area contributed by atoms with E-state index >= 15 is 0 Å². The first kappa shape index (κ1) is 12.4. The number of rotatable bonds is 3. The largest absolute Gasteiger partial charge is 0.508 e. The van der Waals surface area contributed by atoms with Gasteiger partial charge in [0.15, 0.2) is 0 Å². The molecule has 0 amide bonds. The second-order valence-electron chi connectivity index (χ2n) is 3.74. The van der Waals surface area contributed by atoms with Gasteiger partial charge in [-0.3, -0.25) is 9.71 Å². The topological polar surface area (TPSA) is 79.3 Å². The van der Waals surface area contributed by atoms with Crippen molar-refractivity contribution in [1.29, 1.82) is 0 Å². The highest BCUT2D eigenvalue weighted by Crippen LogP contribution is 2.19. The zero-order valence-electron chi connectivity index (χ0n) is 9.66. The van der Waals surface area contributed by atoms with Crippen LogP contribution in [0, 0.1) is 6.92 Å². The number of nitrogens with one attached hydrogen (secondary N) is 1. The number of nitrogens with zero attached hydrogens (tertiary/aromatic N) is 1. The van der Waals surface area contributed by atoms with Gasteiger partial charge in [0.2, 0.25) is 0 Å². The number of sulfonamides is 1. The summed E-state index contributed by atoms with van der Waals surface area (Å²) in [5, 5.41) is 9.13. The van der Waals surface area contributed by atoms with Gasteiger partial charge in [-0.15, -0.1) is 0 Å². The summed E-state index contributed by atoms with van der Waals surface area (Å²) in [7, 11) is -3.65. The van der Waals surface area contributed by atoms with Gasteiger partial charge in [-0.05, 0) is 43.3 Å². The molecular formula is C12H12N2O3S. The van der Waals surface area contributed by atoms with E-state index in [1.54, 1.807) is 25.3 Å². The van der Waals surface area contributed by atoms with E-state index in [1.165, 1.54) is 24.3 Å². The predicted molar refractivity (Wildman–Crippen MR) is 67.9 cm³/mol. The quantitative estimate of drug-likeness (QED) is 0.887. The standard InChI is InChI=1S/C12H12N2O3S/c1-9-12(3-2-8-13-9)14-18(16,17)11-6-4-10(15)5-7-11/h2-8,14-15H,1H3. The highest BCUT2D eigenvalue weighted by atomic mass is 32.2. The first-order valence-corrected chi connectivity index (χ1v) is 6.71. The molecule has 0 saturated heterocycles. The van der Waals surface area contributed by atoms with Crippen LogP contribution in [0.4, 0.5) is 5.69 Å². The summed E-state index contributed by atoms with van der Waals surface area (Å²) in [6, 6.07) is 8.62. The molecule has 18 heavy (non-hydrogen) atoms. The van der Waals surface area contributed by atoms with E-state index in [9.17, 15) is 8.42 Å². The van der Waals surface area contributed by atoms with Gasteiger partial charge in [0.25, 0.3) is 10.0 Å². The first-order chi connectivity index (χ1) is 8.49. The van der Waals surface area contributed by atoms with E-state index < -0.39 is 10.0 Å². The van der Waals surface area contributed by atoms with Crippen molar-refractivity contribution in [3.05, 3.63) is 48.3 Å². The van der Waals surface area contributed by atoms with Crippen LogP contribution in [0.2, 0.25) is 0 Å². The van der Waals surface area contributed by atoms with E-state index in [4.69, 9.17) is 5.11 Å². The molecule has 5 nitrogen and oxygen atoms in total. The lowest BCUT2D eigenvalue weighted by Crippen LogP contribution is -2.13. The number of aromatic nitrogens is 1. The van der Waals surface area contributed by atoms with Crippen LogP contribution in [0.5, 0.6) is 5.75 Å². The molecule has 1 heterocycles. The van der Waals surface area contributed by atoms with Gasteiger partial charge in [-0.25, -0.2) is 8.42 Å². The van der Waals surface area contributed by atoms with Crippen LogP contribution in [0.3, 0.4) is 0 Å². The van der Waals surface area contributed by atoms with Gasteiger partial charge in [0.05, 0.1) is 16.3 Å². The molecule has 2 aromatic rings. The summed E-state index contributed by atoms with van der Waals surface area (Å²) in [5.41, 5.74) is 1.03. The summed E-state index contributed by atoms with van der Waals surface area (Å²) in [6.45, 7) is 1.72. The van der Waals surface area contributed by atoms with Crippen molar-refractivity contribution in [2.75, 3.05) is 4.72 Å². The molecule has 0 fully saturated rings. The van der Waals surface area contributed by atoms with Crippen LogP contribution in [-0.4, -0.2) is 18.5 Å². The maximum Gasteiger partial charge on any atom is 0.261 e. The fourth-order valence-corrected chi connectivity index (χ4v) is 2.54. The van der Waals surface area contributed by atoms with Crippen molar-refractivity contribution in [1.82, 2.24) is 4.98 Å². The monoisotopic (exact) mass is 264 g/mol. The Kier molecular flexibility index (Phi) is 3.20. The van der Waals surface area contributed by atoms with Crippen molar-refractivity contribution in [2.24, 2.45) is 0 Å². The number of aryl methyl sites for hydroxylation is 1. The van der Waals surface area contributed by atoms with Gasteiger partial charge in [0.1, 0.15) is 5.75 Å². The highest BCUT2D eigenvalue weighted by Gasteiger charge is 2.15. The van der Waals surface area contributed by atoms with Gasteiger partial charge < -0.3 is 5.11 Å². The maximum absolute atomic E-state index is 12.0. The van der Waals surface area contributed by atoms with Crippen molar-refractivity contribution in [3.63, 3.8) is 0 Å². The second kappa shape index (κ2) is 4.66. The fraction of sp³-hybridized carbons (Fsp3) is 0.0833. The minimum atomic E-state index is -3.65. The normalized spacial score (nSPS) is 11.2. The average Bonchev–Trinajstić information content (AvgIpc) is 2.32. The van der Waals surface area contributed by atoms with Crippen LogP contribution in [-0.2, 0) is 10.0 Å². The lowest BCUT2D eigenvalue weighted by molar-refractivity contribution is 0.475. The fourth-order valence-electron chi connectivity index (χ4n) is 1.42. The summed E-state index contributed by atoms with van der Waals surface area (Å²) >= 11 is 0. The van der Waals surface area contributed by atoms with Gasteiger partial charge in [0, 0.05) is 6.20 Å². The Hall–Kier alpha value is -2.08. The molecule has 0 spiro atoms. The van der Waals surface area contributed by atoms with Crippen molar-refractivity contribution in [3.8, 4) is 5.75 Å². The number of hydrogen-bond acceptors (Lipinski definition) is 4. The third kappa shape index (κ3) is 2.60. The SMILES string of the molecule is Cc1ncccc1NS(=O)(=O)c1ccc(O)cc1. The number of pyridine rings is 1. The third-order valence-electron chi connectivity index (χ3n) is 2.40. The van der Waals surface area contributed by atoms with Crippen LogP contribution < -0.4 is 4.72 Å². The lowest BCUT2D eigenvalue weighted by atomic mass is 10.3. The van der Waals surface area contributed by atoms with Gasteiger partial charge in [-0.2, -0.15) is 0 Å². The minimum Gasteiger partial charge on any atom is -0.508 e. The molecule has 2 rings (SSSR count). The van der Waals surface area contributed by atoms with E-state index in [0.29, 0.717) is 11.4 Å². The van der Waals surface area contributed by atoms with Gasteiger partial charge >= 0.3 is 0 Å². The van der Waals surface area contributed by atoms with Crippen molar-refractivity contribution < 1.29 is 13.5 Å². The maximum atomic E-state index is 12.0. The minimum absolute atomic E-state index is 0.0199. The molecule has 0 aliphatic rings. The molecule has 94 valence electrons. The molecule has 0 aliphatic carbocycles. The Morgan fingerprint density at radius 3 is 2.44 bits per heavy atom. The average molecular weight is 264 g/mol. The van der Waals surface area contributed by atoms with E-state index in [-0.39, 0.29) is 10.6 Å². The molecule has 0 saturated carbocycles. The van der Waals surface area contributed by atoms with Crippen LogP contribution >= 0.6 is 0 Å². The van der Waals surface area contributed by atoms with E-state index in [0.717, 1.165) is 0 Å². The van der Waals surface area contributed by atoms with Crippen molar-refractivity contribution in [2.45, 2.75) is 11.8 Å². The number of phenols is 1. The summed E-state index contributed by atoms with van der Waals surface area (Å²) in [6.07, 6.45) is 1.59. The number of benzene rings is 1. The summed E-state index contributed by atoms with van der Waals surface area (Å²) in [5.74, 6) is 0.0199. The first-order valence-electron chi connectivity index (χ1n) is 5.22. The molecule has 0 atom stereocenters. The predicted octanol–water partition coefficient (Wildman–Crippen LogP) is 1.90. The molecule has 0 aliphatic heterocycles. The van der Waals surface area contributed by atoms with Gasteiger partial charge in [-0.1, -0.05) is 0 Å². The second-order valence-corrected chi connectivity index (χ2v) is 5.42. The molecule has 0 radical (unpaired) electrons. The molecule has 1 aromatic carbocycles. The lowest BCUT2D eigenvalue weighted by Gasteiger charge is -2.09. The van der Waals surface area contributed by atoms with Crippen LogP contribution in [0.1, 0.15) is 5.69 Å². The number of aromatic hydroxyl groups is 1. The molecule has 0 unspecified atom stereocenters. The molecular weight excluding hydrogens is 252 g/mol. The Labute approximate surface area is 105 Å². The molecule has 2 N–H and O–H groups in total. The Morgan fingerprint density at radius 2 is 1.83 bits per heavy atom. The van der Waals surface area contributed by atoms with Crippen molar-refractivity contribution >= 4 is 15.7 Å². The Morgan fingerprint density at radius 1 is 1.17 bits per heavy atom. The number of phenolic OH excluding ortho intramolecular Hbond substituents is 1. The third-order valence-corrected chi connectivity index (χ3v) is 3.78. The smallest absolute Gasteiger partial charge is 0.261 e. The van der Waals surface area contributed by atoms with Crippen LogP contribution in [0.15, 0.2) is 47.5 Å². The van der Waals surface area contributed by atoms with Crippen LogP contribution in [0.25, 0.3) is 0 Å². The molecule has 0 bridgehead atoms. The zero-order valence-corrected chi connectivity index (χ0v) is 10.5. The highest BCUT2D eigenvalue weighted by molar-refractivity contribution is 7.92. The number of anilines is 1. The Balaban J connectivity index is 2.33. The summed E-state index contributed by atoms with van der Waals surface area (Å²) in [4.78, 5) is 4.09. The Bertz CT molecular complexity index is 651. The van der Waals surface area contributed by atoms with E-state index in [1.807, 2.05) is 0 Å². The molecule has 6 heteroatoms.